The number of ether oxygens (including phenoxy) is 2. The number of amides is 2. The maximum absolute atomic E-state index is 12.7. The molecule has 3 heterocycles. The number of nitrogens with zero attached hydrogens (tertiary/aromatic N) is 2. The summed E-state index contributed by atoms with van der Waals surface area (Å²) >= 11 is 0. The molecule has 0 radical (unpaired) electrons. The first-order chi connectivity index (χ1) is 15.6. The molecular weight excluding hydrogens is 408 g/mol. The van der Waals surface area contributed by atoms with E-state index < -0.39 is 0 Å². The molecule has 2 amide bonds. The number of pyridine rings is 1. The summed E-state index contributed by atoms with van der Waals surface area (Å²) in [5, 5.41) is 5.74. The van der Waals surface area contributed by atoms with Crippen molar-refractivity contribution in [3.63, 3.8) is 0 Å². The number of aryl methyl sites for hydroxylation is 1. The Morgan fingerprint density at radius 3 is 2.62 bits per heavy atom. The van der Waals surface area contributed by atoms with Crippen LogP contribution in [0.5, 0.6) is 11.5 Å². The molecule has 0 bridgehead atoms. The van der Waals surface area contributed by atoms with Gasteiger partial charge in [0.05, 0.1) is 0 Å². The van der Waals surface area contributed by atoms with E-state index in [1.807, 2.05) is 37.4 Å². The van der Waals surface area contributed by atoms with Gasteiger partial charge in [-0.25, -0.2) is 4.98 Å². The van der Waals surface area contributed by atoms with E-state index in [-0.39, 0.29) is 11.8 Å². The summed E-state index contributed by atoms with van der Waals surface area (Å²) in [6.07, 6.45) is 3.51. The number of anilines is 2. The van der Waals surface area contributed by atoms with Crippen molar-refractivity contribution in [3.05, 3.63) is 83.8 Å². The quantitative estimate of drug-likeness (QED) is 0.514. The van der Waals surface area contributed by atoms with Gasteiger partial charge in [-0.05, 0) is 55.0 Å². The lowest BCUT2D eigenvalue weighted by atomic mass is 10.1. The second-order valence-corrected chi connectivity index (χ2v) is 7.39. The van der Waals surface area contributed by atoms with Crippen LogP contribution in [0.2, 0.25) is 0 Å². The molecule has 2 N–H and O–H groups in total. The van der Waals surface area contributed by atoms with Crippen LogP contribution in [0.3, 0.4) is 0 Å². The Labute approximate surface area is 183 Å². The molecule has 0 atom stereocenters. The molecule has 0 unspecified atom stereocenters. The fourth-order valence-corrected chi connectivity index (χ4v) is 3.45. The first-order valence-electron chi connectivity index (χ1n) is 10.1. The van der Waals surface area contributed by atoms with Crippen molar-refractivity contribution in [2.24, 2.45) is 0 Å². The lowest BCUT2D eigenvalue weighted by Crippen LogP contribution is -2.17. The molecule has 160 valence electrons. The summed E-state index contributed by atoms with van der Waals surface area (Å²) in [6, 6.07) is 16.0. The maximum Gasteiger partial charge on any atom is 0.275 e. The number of carbonyl (C=O) groups excluding carboxylic acids is 2. The Bertz CT molecular complexity index is 1310. The molecule has 4 aromatic rings. The highest BCUT2D eigenvalue weighted by molar-refractivity contribution is 6.06. The van der Waals surface area contributed by atoms with Gasteiger partial charge in [0.25, 0.3) is 11.8 Å². The van der Waals surface area contributed by atoms with Crippen LogP contribution in [0.1, 0.15) is 26.4 Å². The van der Waals surface area contributed by atoms with Gasteiger partial charge in [-0.1, -0.05) is 12.1 Å². The van der Waals surface area contributed by atoms with Gasteiger partial charge < -0.3 is 24.5 Å². The van der Waals surface area contributed by atoms with Crippen LogP contribution in [0.25, 0.3) is 5.65 Å². The minimum Gasteiger partial charge on any atom is -0.486 e. The van der Waals surface area contributed by atoms with E-state index in [0.717, 1.165) is 5.56 Å². The van der Waals surface area contributed by atoms with Crippen LogP contribution in [-0.2, 0) is 0 Å². The van der Waals surface area contributed by atoms with Gasteiger partial charge in [-0.2, -0.15) is 0 Å². The Balaban J connectivity index is 1.33. The first kappa shape index (κ1) is 19.6. The second kappa shape index (κ2) is 8.07. The van der Waals surface area contributed by atoms with Crippen LogP contribution >= 0.6 is 0 Å². The van der Waals surface area contributed by atoms with Crippen LogP contribution < -0.4 is 20.1 Å². The van der Waals surface area contributed by atoms with Crippen LogP contribution in [0, 0.1) is 6.92 Å². The smallest absolute Gasteiger partial charge is 0.275 e. The van der Waals surface area contributed by atoms with Crippen molar-refractivity contribution in [2.45, 2.75) is 6.92 Å². The topological polar surface area (TPSA) is 94.0 Å². The van der Waals surface area contributed by atoms with Gasteiger partial charge in [0.15, 0.2) is 11.5 Å². The molecular formula is C24H20N4O4. The Morgan fingerprint density at radius 2 is 1.78 bits per heavy atom. The van der Waals surface area contributed by atoms with Crippen molar-refractivity contribution in [3.8, 4) is 11.5 Å². The first-order valence-corrected chi connectivity index (χ1v) is 10.1. The van der Waals surface area contributed by atoms with Gasteiger partial charge in [-0.3, -0.25) is 9.59 Å². The lowest BCUT2D eigenvalue weighted by molar-refractivity contribution is 0.101. The van der Waals surface area contributed by atoms with Crippen LogP contribution in [-0.4, -0.2) is 34.4 Å². The van der Waals surface area contributed by atoms with Gasteiger partial charge in [0.2, 0.25) is 0 Å². The summed E-state index contributed by atoms with van der Waals surface area (Å²) in [4.78, 5) is 29.8. The predicted molar refractivity (Wildman–Crippen MR) is 120 cm³/mol. The van der Waals surface area contributed by atoms with E-state index in [9.17, 15) is 9.59 Å². The third-order valence-electron chi connectivity index (χ3n) is 5.14. The molecule has 0 aliphatic carbocycles. The molecule has 2 aromatic carbocycles. The Morgan fingerprint density at radius 1 is 0.938 bits per heavy atom. The standard InChI is InChI=1S/C24H20N4O4/c1-15-5-7-17(25-23(29)16-6-8-20-21(12-16)32-11-10-31-20)13-18(15)27-24(30)19-14-28-9-3-2-4-22(28)26-19/h2-9,12-14H,10-11H2,1H3,(H,25,29)(H,27,30). The number of fused-ring (bicyclic) bond motifs is 2. The van der Waals surface area contributed by atoms with E-state index in [4.69, 9.17) is 9.47 Å². The number of hydrogen-bond donors (Lipinski definition) is 2. The highest BCUT2D eigenvalue weighted by Gasteiger charge is 2.16. The van der Waals surface area contributed by atoms with Crippen molar-refractivity contribution in [1.29, 1.82) is 0 Å². The molecule has 1 aliphatic rings. The molecule has 5 rings (SSSR count). The summed E-state index contributed by atoms with van der Waals surface area (Å²) in [6.45, 7) is 2.82. The zero-order valence-corrected chi connectivity index (χ0v) is 17.3. The summed E-state index contributed by atoms with van der Waals surface area (Å²) in [5.41, 5.74) is 3.45. The van der Waals surface area contributed by atoms with E-state index in [2.05, 4.69) is 15.6 Å². The molecule has 0 saturated carbocycles. The fourth-order valence-electron chi connectivity index (χ4n) is 3.45. The maximum atomic E-state index is 12.7. The van der Waals surface area contributed by atoms with Crippen LogP contribution in [0.15, 0.2) is 67.0 Å². The normalized spacial score (nSPS) is 12.4. The van der Waals surface area contributed by atoms with Crippen molar-refractivity contribution in [2.75, 3.05) is 23.8 Å². The molecule has 2 aromatic heterocycles. The Hall–Kier alpha value is -4.33. The highest BCUT2D eigenvalue weighted by Crippen LogP contribution is 2.31. The van der Waals surface area contributed by atoms with E-state index >= 15 is 0 Å². The minimum atomic E-state index is -0.327. The van der Waals surface area contributed by atoms with Gasteiger partial charge in [0, 0.05) is 29.3 Å². The second-order valence-electron chi connectivity index (χ2n) is 7.39. The molecule has 0 fully saturated rings. The lowest BCUT2D eigenvalue weighted by Gasteiger charge is -2.18. The van der Waals surface area contributed by atoms with Gasteiger partial charge >= 0.3 is 0 Å². The number of imidazole rings is 1. The largest absolute Gasteiger partial charge is 0.486 e. The zero-order valence-electron chi connectivity index (χ0n) is 17.3. The third kappa shape index (κ3) is 3.85. The SMILES string of the molecule is Cc1ccc(NC(=O)c2ccc3c(c2)OCCO3)cc1NC(=O)c1cn2ccccc2n1. The van der Waals surface area contributed by atoms with Crippen LogP contribution in [0.4, 0.5) is 11.4 Å². The van der Waals surface area contributed by atoms with Gasteiger partial charge in [0.1, 0.15) is 24.6 Å². The fraction of sp³-hybridized carbons (Fsp3) is 0.125. The summed E-state index contributed by atoms with van der Waals surface area (Å²) in [7, 11) is 0. The van der Waals surface area contributed by atoms with Crippen molar-refractivity contribution >= 4 is 28.8 Å². The number of carbonyl (C=O) groups is 2. The highest BCUT2D eigenvalue weighted by atomic mass is 16.6. The molecule has 1 aliphatic heterocycles. The van der Waals surface area contributed by atoms with Crippen molar-refractivity contribution in [1.82, 2.24) is 9.38 Å². The molecule has 32 heavy (non-hydrogen) atoms. The number of nitrogens with one attached hydrogen (secondary N) is 2. The Kier molecular flexibility index (Phi) is 4.95. The van der Waals surface area contributed by atoms with Crippen molar-refractivity contribution < 1.29 is 19.1 Å². The average Bonchev–Trinajstić information content (AvgIpc) is 3.25. The third-order valence-corrected chi connectivity index (χ3v) is 5.14. The number of hydrogen-bond acceptors (Lipinski definition) is 5. The van der Waals surface area contributed by atoms with Gasteiger partial charge in [-0.15, -0.1) is 0 Å². The monoisotopic (exact) mass is 428 g/mol. The molecule has 0 saturated heterocycles. The molecule has 0 spiro atoms. The summed E-state index contributed by atoms with van der Waals surface area (Å²) < 4.78 is 12.8. The van der Waals surface area contributed by atoms with E-state index in [0.29, 0.717) is 53.0 Å². The molecule has 8 nitrogen and oxygen atoms in total. The number of rotatable bonds is 4. The minimum absolute atomic E-state index is 0.288. The zero-order chi connectivity index (χ0) is 22.1. The van der Waals surface area contributed by atoms with E-state index in [1.54, 1.807) is 40.9 Å². The van der Waals surface area contributed by atoms with E-state index in [1.165, 1.54) is 0 Å². The predicted octanol–water partition coefficient (Wildman–Crippen LogP) is 3.92. The number of benzene rings is 2. The molecule has 8 heteroatoms. The average molecular weight is 428 g/mol. The summed E-state index contributed by atoms with van der Waals surface area (Å²) in [5.74, 6) is 0.559. The number of aromatic nitrogens is 2.